The lowest BCUT2D eigenvalue weighted by atomic mass is 10.1. The molecule has 2 N–H and O–H groups in total. The summed E-state index contributed by atoms with van der Waals surface area (Å²) in [6.45, 7) is 1.78. The van der Waals surface area contributed by atoms with Crippen molar-refractivity contribution in [1.29, 1.82) is 0 Å². The Balaban J connectivity index is 1.75. The van der Waals surface area contributed by atoms with E-state index in [0.717, 1.165) is 6.07 Å². The second-order valence-electron chi connectivity index (χ2n) is 7.80. The minimum Gasteiger partial charge on any atom is -0.476 e. The van der Waals surface area contributed by atoms with Crippen molar-refractivity contribution in [3.05, 3.63) is 63.0 Å². The number of hydrogen-bond acceptors (Lipinski definition) is 6. The number of pyridine rings is 2. The van der Waals surface area contributed by atoms with Crippen LogP contribution >= 0.6 is 11.6 Å². The van der Waals surface area contributed by atoms with E-state index in [4.69, 9.17) is 11.6 Å². The monoisotopic (exact) mass is 481 g/mol. The summed E-state index contributed by atoms with van der Waals surface area (Å²) in [7, 11) is 0. The zero-order chi connectivity index (χ0) is 23.9. The molecule has 0 aromatic carbocycles. The van der Waals surface area contributed by atoms with E-state index in [-0.39, 0.29) is 48.1 Å². The number of carboxylic acids is 1. The first kappa shape index (κ1) is 22.8. The molecule has 12 heteroatoms. The summed E-state index contributed by atoms with van der Waals surface area (Å²) in [6, 6.07) is 4.46. The first-order valence-corrected chi connectivity index (χ1v) is 10.4. The van der Waals surface area contributed by atoms with E-state index in [1.807, 2.05) is 0 Å². The van der Waals surface area contributed by atoms with E-state index < -0.39 is 35.1 Å². The topological polar surface area (TPSA) is 99.8 Å². The van der Waals surface area contributed by atoms with Crippen LogP contribution < -0.4 is 15.8 Å². The van der Waals surface area contributed by atoms with E-state index in [9.17, 15) is 27.9 Å². The summed E-state index contributed by atoms with van der Waals surface area (Å²) < 4.78 is 41.8. The van der Waals surface area contributed by atoms with Crippen LogP contribution in [0.4, 0.5) is 24.7 Å². The van der Waals surface area contributed by atoms with E-state index >= 15 is 0 Å². The fraction of sp³-hybridized carbons (Fsp3) is 0.333. The Bertz CT molecular complexity index is 1290. The number of hydrogen-bond donors (Lipinski definition) is 2. The highest BCUT2D eigenvalue weighted by Crippen LogP contribution is 2.31. The molecule has 174 valence electrons. The molecule has 1 aliphatic rings. The number of aromatic nitrogens is 3. The Kier molecular flexibility index (Phi) is 5.91. The van der Waals surface area contributed by atoms with Crippen molar-refractivity contribution in [2.75, 3.05) is 23.3 Å². The lowest BCUT2D eigenvalue weighted by molar-refractivity contribution is -0.0221. The molecule has 0 aliphatic carbocycles. The van der Waals surface area contributed by atoms with Gasteiger partial charge in [0.1, 0.15) is 11.5 Å². The van der Waals surface area contributed by atoms with Crippen LogP contribution in [0.2, 0.25) is 5.02 Å². The van der Waals surface area contributed by atoms with Crippen LogP contribution in [0, 0.1) is 5.95 Å². The first-order chi connectivity index (χ1) is 15.5. The summed E-state index contributed by atoms with van der Waals surface area (Å²) in [5.74, 6) is -4.84. The van der Waals surface area contributed by atoms with Gasteiger partial charge in [0, 0.05) is 43.8 Å². The number of rotatable bonds is 5. The third-order valence-corrected chi connectivity index (χ3v) is 5.67. The minimum atomic E-state index is -2.75. The highest BCUT2D eigenvalue weighted by atomic mass is 35.5. The predicted molar refractivity (Wildman–Crippen MR) is 116 cm³/mol. The largest absolute Gasteiger partial charge is 0.476 e. The highest BCUT2D eigenvalue weighted by Gasteiger charge is 2.34. The summed E-state index contributed by atoms with van der Waals surface area (Å²) >= 11 is 6.20. The van der Waals surface area contributed by atoms with Gasteiger partial charge in [-0.05, 0) is 25.1 Å². The molecule has 0 bridgehead atoms. The van der Waals surface area contributed by atoms with Crippen LogP contribution in [0.15, 0.2) is 35.3 Å². The van der Waals surface area contributed by atoms with Crippen molar-refractivity contribution in [2.45, 2.75) is 31.7 Å². The van der Waals surface area contributed by atoms with Gasteiger partial charge in [-0.3, -0.25) is 9.20 Å². The molecule has 4 rings (SSSR count). The number of fused-ring (bicyclic) bond motifs is 1. The summed E-state index contributed by atoms with van der Waals surface area (Å²) in [5, 5.41) is 12.5. The Morgan fingerprint density at radius 2 is 1.94 bits per heavy atom. The number of halogens is 4. The average Bonchev–Trinajstić information content (AvgIpc) is 2.74. The van der Waals surface area contributed by atoms with Gasteiger partial charge in [-0.25, -0.2) is 23.5 Å². The standard InChI is InChI=1S/C21H19ClF3N5O3/c1-11(26-14-2-3-15(23)27-18(14)20(32)33)13-8-12(22)10-30-17(31)9-16(28-19(13)30)29-6-4-21(24,25)5-7-29/h2-3,8-11,26H,4-7H2,1H3,(H,32,33)/t11-/m1/s1. The second kappa shape index (κ2) is 8.54. The van der Waals surface area contributed by atoms with Gasteiger partial charge in [0.25, 0.3) is 11.5 Å². The number of nitrogens with one attached hydrogen (secondary N) is 1. The molecular formula is C21H19ClF3N5O3. The first-order valence-electron chi connectivity index (χ1n) is 10.1. The number of aromatic carboxylic acids is 1. The van der Waals surface area contributed by atoms with Gasteiger partial charge < -0.3 is 15.3 Å². The number of carboxylic acid groups (broad SMARTS) is 1. The van der Waals surface area contributed by atoms with Crippen molar-refractivity contribution >= 4 is 34.7 Å². The van der Waals surface area contributed by atoms with Crippen molar-refractivity contribution in [2.24, 2.45) is 0 Å². The minimum absolute atomic E-state index is 0.0512. The van der Waals surface area contributed by atoms with Gasteiger partial charge in [-0.15, -0.1) is 0 Å². The lowest BCUT2D eigenvalue weighted by Gasteiger charge is -2.32. The van der Waals surface area contributed by atoms with Crippen LogP contribution in [-0.2, 0) is 0 Å². The fourth-order valence-electron chi connectivity index (χ4n) is 3.75. The van der Waals surface area contributed by atoms with Crippen LogP contribution in [0.5, 0.6) is 0 Å². The van der Waals surface area contributed by atoms with E-state index in [1.54, 1.807) is 17.9 Å². The zero-order valence-electron chi connectivity index (χ0n) is 17.4. The van der Waals surface area contributed by atoms with Crippen LogP contribution in [-0.4, -0.2) is 44.5 Å². The van der Waals surface area contributed by atoms with Gasteiger partial charge in [0.2, 0.25) is 5.95 Å². The Hall–Kier alpha value is -3.34. The quantitative estimate of drug-likeness (QED) is 0.531. The maximum Gasteiger partial charge on any atom is 0.356 e. The van der Waals surface area contributed by atoms with Gasteiger partial charge in [-0.1, -0.05) is 11.6 Å². The molecular weight excluding hydrogens is 463 g/mol. The lowest BCUT2D eigenvalue weighted by Crippen LogP contribution is -2.40. The third kappa shape index (κ3) is 4.72. The van der Waals surface area contributed by atoms with Crippen LogP contribution in [0.25, 0.3) is 5.65 Å². The SMILES string of the molecule is C[C@@H](Nc1ccc(F)nc1C(=O)O)c1cc(Cl)cn2c(=O)cc(N3CCC(F)(F)CC3)nc12. The zero-order valence-corrected chi connectivity index (χ0v) is 18.1. The van der Waals surface area contributed by atoms with Gasteiger partial charge in [0.15, 0.2) is 5.69 Å². The molecule has 3 aromatic rings. The molecule has 4 heterocycles. The number of carbonyl (C=O) groups is 1. The van der Waals surface area contributed by atoms with E-state index in [2.05, 4.69) is 15.3 Å². The molecule has 0 amide bonds. The molecule has 1 fully saturated rings. The number of nitrogens with zero attached hydrogens (tertiary/aromatic N) is 4. The second-order valence-corrected chi connectivity index (χ2v) is 8.24. The van der Waals surface area contributed by atoms with Crippen molar-refractivity contribution in [3.63, 3.8) is 0 Å². The van der Waals surface area contributed by atoms with Crippen LogP contribution in [0.3, 0.4) is 0 Å². The molecule has 8 nitrogen and oxygen atoms in total. The fourth-order valence-corrected chi connectivity index (χ4v) is 3.97. The normalized spacial score (nSPS) is 16.6. The summed E-state index contributed by atoms with van der Waals surface area (Å²) in [5.41, 5.74) is -0.215. The molecule has 3 aromatic heterocycles. The average molecular weight is 482 g/mol. The Morgan fingerprint density at radius 3 is 2.61 bits per heavy atom. The molecule has 0 spiro atoms. The Morgan fingerprint density at radius 1 is 1.24 bits per heavy atom. The molecule has 0 unspecified atom stereocenters. The van der Waals surface area contributed by atoms with Gasteiger partial charge >= 0.3 is 5.97 Å². The van der Waals surface area contributed by atoms with Crippen molar-refractivity contribution in [1.82, 2.24) is 14.4 Å². The molecule has 0 radical (unpaired) electrons. The Labute approximate surface area is 190 Å². The maximum atomic E-state index is 13.6. The highest BCUT2D eigenvalue weighted by molar-refractivity contribution is 6.30. The molecule has 33 heavy (non-hydrogen) atoms. The van der Waals surface area contributed by atoms with E-state index in [0.29, 0.717) is 5.56 Å². The number of piperidine rings is 1. The van der Waals surface area contributed by atoms with Gasteiger partial charge in [0.05, 0.1) is 16.8 Å². The number of alkyl halides is 2. The third-order valence-electron chi connectivity index (χ3n) is 5.46. The van der Waals surface area contributed by atoms with Crippen LogP contribution in [0.1, 0.15) is 41.9 Å². The molecule has 0 saturated carbocycles. The predicted octanol–water partition coefficient (Wildman–Crippen LogP) is 3.99. The maximum absolute atomic E-state index is 13.6. The smallest absolute Gasteiger partial charge is 0.356 e. The summed E-state index contributed by atoms with van der Waals surface area (Å²) in [4.78, 5) is 33.8. The van der Waals surface area contributed by atoms with Crippen molar-refractivity contribution < 1.29 is 23.1 Å². The molecule has 1 atom stereocenters. The van der Waals surface area contributed by atoms with Crippen molar-refractivity contribution in [3.8, 4) is 0 Å². The van der Waals surface area contributed by atoms with E-state index in [1.165, 1.54) is 22.7 Å². The summed E-state index contributed by atoms with van der Waals surface area (Å²) in [6.07, 6.45) is 0.711. The van der Waals surface area contributed by atoms with Gasteiger partial charge in [-0.2, -0.15) is 4.39 Å². The molecule has 1 aliphatic heterocycles. The number of anilines is 2. The molecule has 1 saturated heterocycles.